The third kappa shape index (κ3) is 9.22. The molecule has 0 saturated heterocycles. The van der Waals surface area contributed by atoms with Crippen LogP contribution in [0.1, 0.15) is 33.8 Å². The molecule has 1 aromatic carbocycles. The number of H-pyrrole nitrogens is 2. The Morgan fingerprint density at radius 2 is 1.71 bits per heavy atom. The zero-order valence-electron chi connectivity index (χ0n) is 27.8. The maximum Gasteiger partial charge on any atom is 0.274 e. The van der Waals surface area contributed by atoms with E-state index in [0.717, 1.165) is 33.1 Å². The topological polar surface area (TPSA) is 161 Å². The molecule has 5 rings (SSSR count). The summed E-state index contributed by atoms with van der Waals surface area (Å²) in [7, 11) is 3.77. The summed E-state index contributed by atoms with van der Waals surface area (Å²) in [5, 5.41) is 17.8. The number of benzene rings is 1. The van der Waals surface area contributed by atoms with E-state index in [9.17, 15) is 14.4 Å². The van der Waals surface area contributed by atoms with E-state index in [1.54, 1.807) is 24.3 Å². The molecule has 3 amide bonds. The van der Waals surface area contributed by atoms with Gasteiger partial charge in [0.15, 0.2) is 0 Å². The third-order valence-electron chi connectivity index (χ3n) is 7.94. The van der Waals surface area contributed by atoms with Gasteiger partial charge in [-0.2, -0.15) is 0 Å². The second kappa shape index (κ2) is 16.6. The van der Waals surface area contributed by atoms with Crippen LogP contribution in [0, 0.1) is 0 Å². The predicted molar refractivity (Wildman–Crippen MR) is 193 cm³/mol. The zero-order chi connectivity index (χ0) is 34.6. The van der Waals surface area contributed by atoms with Gasteiger partial charge in [0.05, 0.1) is 33.4 Å². The molecule has 252 valence electrons. The monoisotopic (exact) mass is 661 g/mol. The molecule has 1 aliphatic rings. The Bertz CT molecular complexity index is 2070. The highest BCUT2D eigenvalue weighted by molar-refractivity contribution is 6.05. The molecule has 0 aliphatic heterocycles. The van der Waals surface area contributed by atoms with Gasteiger partial charge in [-0.3, -0.25) is 30.0 Å². The number of fused-ring (bicyclic) bond motifs is 2. The average Bonchev–Trinajstić information content (AvgIpc) is 3.71. The van der Waals surface area contributed by atoms with Crippen molar-refractivity contribution in [1.82, 2.24) is 25.9 Å². The number of aromatic amines is 2. The van der Waals surface area contributed by atoms with Crippen molar-refractivity contribution >= 4 is 58.1 Å². The minimum Gasteiger partial charge on any atom is -0.351 e. The molecule has 3 heterocycles. The van der Waals surface area contributed by atoms with Crippen LogP contribution in [0.4, 0.5) is 11.5 Å². The van der Waals surface area contributed by atoms with E-state index in [0.29, 0.717) is 61.7 Å². The number of aryl methyl sites for hydroxylation is 1. The first-order valence-corrected chi connectivity index (χ1v) is 16.2. The number of carbonyl (C=O) groups excluding carboxylic acids is 3. The predicted octanol–water partition coefficient (Wildman–Crippen LogP) is 0.253. The lowest BCUT2D eigenvalue weighted by molar-refractivity contribution is -0.657. The first kappa shape index (κ1) is 34.2. The molecule has 0 atom stereocenters. The number of hydrogen-bond donors (Lipinski definition) is 8. The highest BCUT2D eigenvalue weighted by atomic mass is 16.2. The molecule has 0 bridgehead atoms. The molecular formula is C37H43N9O3+2. The lowest BCUT2D eigenvalue weighted by Gasteiger charge is -2.08. The summed E-state index contributed by atoms with van der Waals surface area (Å²) >= 11 is 0. The summed E-state index contributed by atoms with van der Waals surface area (Å²) in [5.41, 5.74) is 2.81. The largest absolute Gasteiger partial charge is 0.351 e. The molecule has 0 fully saturated rings. The molecule has 8 N–H and O–H groups in total. The van der Waals surface area contributed by atoms with Crippen LogP contribution in [0.2, 0.25) is 0 Å². The zero-order valence-corrected chi connectivity index (χ0v) is 27.8. The highest BCUT2D eigenvalue weighted by Crippen LogP contribution is 2.20. The Morgan fingerprint density at radius 3 is 2.53 bits per heavy atom. The number of hydrogen-bond acceptors (Lipinski definition) is 4. The second-order valence-corrected chi connectivity index (χ2v) is 11.4. The first-order valence-electron chi connectivity index (χ1n) is 16.2. The van der Waals surface area contributed by atoms with Crippen molar-refractivity contribution in [3.8, 4) is 0 Å². The number of pyridine rings is 1. The van der Waals surface area contributed by atoms with Crippen LogP contribution in [0.5, 0.6) is 0 Å². The summed E-state index contributed by atoms with van der Waals surface area (Å²) in [5.74, 6) is 1.16. The van der Waals surface area contributed by atoms with Crippen molar-refractivity contribution in [2.24, 2.45) is 7.05 Å². The Labute approximate surface area is 284 Å². The normalized spacial score (nSPS) is 15.3. The van der Waals surface area contributed by atoms with Gasteiger partial charge < -0.3 is 25.9 Å². The lowest BCUT2D eigenvalue weighted by Crippen LogP contribution is -2.71. The fourth-order valence-electron chi connectivity index (χ4n) is 5.33. The number of amidine groups is 1. The average molecular weight is 662 g/mol. The van der Waals surface area contributed by atoms with Crippen LogP contribution in [0.3, 0.4) is 0 Å². The summed E-state index contributed by atoms with van der Waals surface area (Å²) in [6, 6.07) is 14.9. The summed E-state index contributed by atoms with van der Waals surface area (Å²) in [4.78, 5) is 48.2. The van der Waals surface area contributed by atoms with Crippen LogP contribution in [0.25, 0.3) is 23.1 Å². The summed E-state index contributed by atoms with van der Waals surface area (Å²) in [6.45, 7) is 5.71. The minimum atomic E-state index is -0.299. The fourth-order valence-corrected chi connectivity index (χ4v) is 5.33. The molecule has 1 aliphatic carbocycles. The Morgan fingerprint density at radius 1 is 0.918 bits per heavy atom. The lowest BCUT2D eigenvalue weighted by atomic mass is 10.1. The molecule has 0 spiro atoms. The van der Waals surface area contributed by atoms with E-state index in [1.807, 2.05) is 85.6 Å². The van der Waals surface area contributed by atoms with Gasteiger partial charge in [0.1, 0.15) is 24.5 Å². The molecule has 0 saturated carbocycles. The molecule has 12 nitrogen and oxygen atoms in total. The Balaban J connectivity index is 1.16. The van der Waals surface area contributed by atoms with Gasteiger partial charge in [-0.05, 0) is 54.5 Å². The van der Waals surface area contributed by atoms with E-state index in [4.69, 9.17) is 0 Å². The van der Waals surface area contributed by atoms with Crippen molar-refractivity contribution in [2.45, 2.75) is 12.8 Å². The standard InChI is InChI=1S/C37H41N9O3/c1-4-5-11-33(38-2)39-17-19-42-36(48)31-23-27-13-15-28(24-30(27)45-31)43-37(49)32-22-26-10-8-9-25(14-16-29(26)44-32)35(47)41-20-18-40-34-12-6-7-21-46(34)3/h4-7,10-16,21-24H,1,8-9,17-20H2,2-3H3,(H6,38,39,41,42,43,44,45,47,48,49)/p+2/b11-5-,26-10-. The SMILES string of the molecule is C=C/C=C\C(NCCNC(=O)c1cc2ccc(NC(=O)c3cc4/c([nH]3)=C\C=C(/C(=O)NCCNc3cccc[n+]3C)CC\C=4)cc2[nH]1)=[NH+]C. The minimum absolute atomic E-state index is 0.108. The Kier molecular flexibility index (Phi) is 11.6. The number of rotatable bonds is 13. The molecule has 0 radical (unpaired) electrons. The number of aromatic nitrogens is 3. The van der Waals surface area contributed by atoms with Crippen molar-refractivity contribution < 1.29 is 23.9 Å². The quantitative estimate of drug-likeness (QED) is 0.0339. The number of allylic oxidation sites excluding steroid dienone is 3. The number of amides is 3. The molecule has 3 aromatic heterocycles. The smallest absolute Gasteiger partial charge is 0.274 e. The van der Waals surface area contributed by atoms with Crippen molar-refractivity contribution in [3.05, 3.63) is 113 Å². The number of carbonyl (C=O) groups is 3. The summed E-state index contributed by atoms with van der Waals surface area (Å²) in [6.07, 6.45) is 14.2. The van der Waals surface area contributed by atoms with Crippen LogP contribution >= 0.6 is 0 Å². The maximum absolute atomic E-state index is 13.2. The van der Waals surface area contributed by atoms with Crippen LogP contribution in [-0.4, -0.2) is 66.8 Å². The molecule has 49 heavy (non-hydrogen) atoms. The van der Waals surface area contributed by atoms with Gasteiger partial charge in [-0.1, -0.05) is 43.0 Å². The van der Waals surface area contributed by atoms with Crippen molar-refractivity contribution in [3.63, 3.8) is 0 Å². The molecule has 0 unspecified atom stereocenters. The van der Waals surface area contributed by atoms with Crippen LogP contribution in [0.15, 0.2) is 91.2 Å². The molecular weight excluding hydrogens is 618 g/mol. The first-order chi connectivity index (χ1) is 23.8. The van der Waals surface area contributed by atoms with Gasteiger partial charge in [-0.25, -0.2) is 4.57 Å². The van der Waals surface area contributed by atoms with Crippen molar-refractivity contribution in [2.75, 3.05) is 43.9 Å². The second-order valence-electron chi connectivity index (χ2n) is 11.4. The van der Waals surface area contributed by atoms with E-state index < -0.39 is 0 Å². The van der Waals surface area contributed by atoms with Gasteiger partial charge in [0, 0.05) is 39.7 Å². The van der Waals surface area contributed by atoms with E-state index in [2.05, 4.69) is 48.1 Å². The van der Waals surface area contributed by atoms with E-state index in [-0.39, 0.29) is 17.7 Å². The van der Waals surface area contributed by atoms with Crippen LogP contribution < -0.4 is 46.7 Å². The Hall–Kier alpha value is -6.17. The number of anilines is 2. The van der Waals surface area contributed by atoms with E-state index >= 15 is 0 Å². The van der Waals surface area contributed by atoms with Crippen molar-refractivity contribution in [1.29, 1.82) is 0 Å². The highest BCUT2D eigenvalue weighted by Gasteiger charge is 2.14. The van der Waals surface area contributed by atoms with Gasteiger partial charge in [0.2, 0.25) is 5.91 Å². The molecule has 4 aromatic rings. The maximum atomic E-state index is 13.2. The summed E-state index contributed by atoms with van der Waals surface area (Å²) < 4.78 is 1.98. The fraction of sp³-hybridized carbons (Fsp3) is 0.216. The molecule has 12 heteroatoms. The van der Waals surface area contributed by atoms with Gasteiger partial charge in [0.25, 0.3) is 23.5 Å². The number of nitrogens with zero attached hydrogens (tertiary/aromatic N) is 1. The van der Waals surface area contributed by atoms with Gasteiger partial charge >= 0.3 is 0 Å². The third-order valence-corrected chi connectivity index (χ3v) is 7.94. The number of nitrogens with one attached hydrogen (secondary N) is 8. The van der Waals surface area contributed by atoms with E-state index in [1.165, 1.54) is 0 Å². The van der Waals surface area contributed by atoms with Gasteiger partial charge in [-0.15, -0.1) is 0 Å². The van der Waals surface area contributed by atoms with Crippen LogP contribution in [-0.2, 0) is 11.8 Å².